The number of nitrogens with one attached hydrogen (secondary N) is 1. The Kier molecular flexibility index (Phi) is 5.06. The molecule has 0 fully saturated rings. The number of halogens is 2. The van der Waals surface area contributed by atoms with Crippen LogP contribution in [-0.2, 0) is 6.42 Å². The van der Waals surface area contributed by atoms with Crippen molar-refractivity contribution < 1.29 is 13.8 Å². The Morgan fingerprint density at radius 3 is 2.52 bits per heavy atom. The number of amides is 1. The summed E-state index contributed by atoms with van der Waals surface area (Å²) >= 11 is 12.4. The fraction of sp³-hybridized carbons (Fsp3) is 0.250. The van der Waals surface area contributed by atoms with Crippen molar-refractivity contribution in [2.24, 2.45) is 0 Å². The lowest BCUT2D eigenvalue weighted by Crippen LogP contribution is -2.26. The maximum atomic E-state index is 12.6. The second-order valence-corrected chi connectivity index (χ2v) is 6.11. The number of nitrogens with zero attached hydrogens (tertiary/aromatic N) is 3. The number of carbonyl (C=O) groups is 1. The van der Waals surface area contributed by atoms with Gasteiger partial charge in [-0.2, -0.15) is 4.98 Å². The van der Waals surface area contributed by atoms with E-state index < -0.39 is 0 Å². The van der Waals surface area contributed by atoms with Crippen LogP contribution < -0.4 is 5.32 Å². The number of aryl methyl sites for hydroxylation is 2. The average molecular weight is 381 g/mol. The van der Waals surface area contributed by atoms with Gasteiger partial charge in [-0.1, -0.05) is 39.6 Å². The van der Waals surface area contributed by atoms with Crippen LogP contribution in [0.1, 0.15) is 27.8 Å². The summed E-state index contributed by atoms with van der Waals surface area (Å²) in [6.07, 6.45) is 0.416. The molecule has 9 heteroatoms. The number of hydrogen-bond acceptors (Lipinski definition) is 6. The number of hydrogen-bond donors (Lipinski definition) is 1. The summed E-state index contributed by atoms with van der Waals surface area (Å²) in [6, 6.07) is 5.06. The lowest BCUT2D eigenvalue weighted by molar-refractivity contribution is 0.0952. The van der Waals surface area contributed by atoms with Crippen LogP contribution in [0.5, 0.6) is 0 Å². The zero-order valence-corrected chi connectivity index (χ0v) is 15.0. The van der Waals surface area contributed by atoms with Gasteiger partial charge in [0, 0.05) is 18.5 Å². The van der Waals surface area contributed by atoms with Crippen LogP contribution in [0.2, 0.25) is 10.0 Å². The van der Waals surface area contributed by atoms with Crippen LogP contribution in [-0.4, -0.2) is 27.7 Å². The van der Waals surface area contributed by atoms with Crippen molar-refractivity contribution >= 4 is 29.1 Å². The van der Waals surface area contributed by atoms with Gasteiger partial charge >= 0.3 is 0 Å². The normalized spacial score (nSPS) is 10.9. The fourth-order valence-electron chi connectivity index (χ4n) is 2.35. The summed E-state index contributed by atoms with van der Waals surface area (Å²) in [6.45, 7) is 3.70. The monoisotopic (exact) mass is 380 g/mol. The quantitative estimate of drug-likeness (QED) is 0.726. The molecule has 7 nitrogen and oxygen atoms in total. The van der Waals surface area contributed by atoms with Crippen LogP contribution in [0.4, 0.5) is 0 Å². The van der Waals surface area contributed by atoms with Crippen molar-refractivity contribution in [2.75, 3.05) is 6.54 Å². The zero-order chi connectivity index (χ0) is 18.0. The Balaban J connectivity index is 1.80. The van der Waals surface area contributed by atoms with Crippen molar-refractivity contribution in [1.82, 2.24) is 20.6 Å². The standard InChI is InChI=1S/C16H14Cl2N4O3/c1-8-13(16(23)19-7-6-12-20-9(2)21-25-12)15(22-24-8)14-10(17)4-3-5-11(14)18/h3-5H,6-7H2,1-2H3,(H,19,23). The van der Waals surface area contributed by atoms with Crippen molar-refractivity contribution in [3.05, 3.63) is 51.3 Å². The van der Waals surface area contributed by atoms with Crippen LogP contribution in [0.25, 0.3) is 11.3 Å². The molecule has 2 aromatic heterocycles. The molecule has 25 heavy (non-hydrogen) atoms. The van der Waals surface area contributed by atoms with Gasteiger partial charge in [0.25, 0.3) is 5.91 Å². The van der Waals surface area contributed by atoms with E-state index >= 15 is 0 Å². The minimum atomic E-state index is -0.346. The van der Waals surface area contributed by atoms with Gasteiger partial charge in [-0.3, -0.25) is 4.79 Å². The minimum absolute atomic E-state index is 0.289. The first-order valence-electron chi connectivity index (χ1n) is 7.45. The van der Waals surface area contributed by atoms with Crippen LogP contribution in [0.15, 0.2) is 27.2 Å². The van der Waals surface area contributed by atoms with Gasteiger partial charge in [0.15, 0.2) is 5.82 Å². The zero-order valence-electron chi connectivity index (χ0n) is 13.5. The van der Waals surface area contributed by atoms with E-state index in [9.17, 15) is 4.79 Å². The smallest absolute Gasteiger partial charge is 0.257 e. The number of rotatable bonds is 5. The van der Waals surface area contributed by atoms with E-state index in [2.05, 4.69) is 20.6 Å². The molecule has 0 unspecified atom stereocenters. The molecule has 0 aliphatic rings. The summed E-state index contributed by atoms with van der Waals surface area (Å²) in [7, 11) is 0. The first-order valence-corrected chi connectivity index (χ1v) is 8.21. The number of aromatic nitrogens is 3. The third-order valence-corrected chi connectivity index (χ3v) is 4.11. The topological polar surface area (TPSA) is 94.1 Å². The Morgan fingerprint density at radius 1 is 1.16 bits per heavy atom. The van der Waals surface area contributed by atoms with E-state index in [0.717, 1.165) is 0 Å². The molecule has 1 aromatic carbocycles. The van der Waals surface area contributed by atoms with Crippen molar-refractivity contribution in [3.8, 4) is 11.3 Å². The highest BCUT2D eigenvalue weighted by Crippen LogP contribution is 2.36. The van der Waals surface area contributed by atoms with Gasteiger partial charge in [-0.15, -0.1) is 0 Å². The van der Waals surface area contributed by atoms with E-state index in [4.69, 9.17) is 32.2 Å². The van der Waals surface area contributed by atoms with Crippen molar-refractivity contribution in [3.63, 3.8) is 0 Å². The molecular formula is C16H14Cl2N4O3. The van der Waals surface area contributed by atoms with E-state index in [1.54, 1.807) is 32.0 Å². The van der Waals surface area contributed by atoms with Gasteiger partial charge in [0.2, 0.25) is 5.89 Å². The first kappa shape index (κ1) is 17.4. The largest absolute Gasteiger partial charge is 0.360 e. The summed E-state index contributed by atoms with van der Waals surface area (Å²) in [5.74, 6) is 1.03. The van der Waals surface area contributed by atoms with Gasteiger partial charge in [-0.05, 0) is 26.0 Å². The molecule has 0 radical (unpaired) electrons. The Morgan fingerprint density at radius 2 is 1.88 bits per heavy atom. The predicted octanol–water partition coefficient (Wildman–Crippen LogP) is 3.62. The third kappa shape index (κ3) is 3.67. The van der Waals surface area contributed by atoms with E-state index in [-0.39, 0.29) is 11.5 Å². The van der Waals surface area contributed by atoms with Crippen molar-refractivity contribution in [2.45, 2.75) is 20.3 Å². The second-order valence-electron chi connectivity index (χ2n) is 5.30. The summed E-state index contributed by atoms with van der Waals surface area (Å²) in [5.41, 5.74) is 1.05. The number of benzene rings is 1. The molecule has 3 rings (SSSR count). The van der Waals surface area contributed by atoms with Crippen LogP contribution in [0.3, 0.4) is 0 Å². The van der Waals surface area contributed by atoms with Gasteiger partial charge < -0.3 is 14.4 Å². The molecule has 0 atom stereocenters. The molecule has 1 amide bonds. The Labute approximate surface area is 153 Å². The van der Waals surface area contributed by atoms with Gasteiger partial charge in [-0.25, -0.2) is 0 Å². The Bertz CT molecular complexity index is 900. The lowest BCUT2D eigenvalue weighted by Gasteiger charge is -2.07. The molecular weight excluding hydrogens is 367 g/mol. The molecule has 0 aliphatic heterocycles. The van der Waals surface area contributed by atoms with Crippen LogP contribution in [0, 0.1) is 13.8 Å². The van der Waals surface area contributed by atoms with Crippen molar-refractivity contribution in [1.29, 1.82) is 0 Å². The lowest BCUT2D eigenvalue weighted by atomic mass is 10.1. The molecule has 2 heterocycles. The molecule has 0 saturated carbocycles. The molecule has 0 saturated heterocycles. The maximum absolute atomic E-state index is 12.6. The highest BCUT2D eigenvalue weighted by Gasteiger charge is 2.24. The Hall–Kier alpha value is -2.38. The summed E-state index contributed by atoms with van der Waals surface area (Å²) in [4.78, 5) is 16.7. The highest BCUT2D eigenvalue weighted by atomic mass is 35.5. The van der Waals surface area contributed by atoms with Gasteiger partial charge in [0.05, 0.1) is 10.0 Å². The summed E-state index contributed by atoms with van der Waals surface area (Å²) in [5, 5.41) is 11.2. The van der Waals surface area contributed by atoms with E-state index in [0.29, 0.717) is 51.7 Å². The van der Waals surface area contributed by atoms with E-state index in [1.165, 1.54) is 0 Å². The molecule has 0 aliphatic carbocycles. The SMILES string of the molecule is Cc1noc(CCNC(=O)c2c(-c3c(Cl)cccc3Cl)noc2C)n1. The third-order valence-electron chi connectivity index (χ3n) is 3.48. The molecule has 0 bridgehead atoms. The average Bonchev–Trinajstić information content (AvgIpc) is 3.13. The van der Waals surface area contributed by atoms with Crippen LogP contribution >= 0.6 is 23.2 Å². The van der Waals surface area contributed by atoms with Gasteiger partial charge in [0.1, 0.15) is 17.0 Å². The first-order chi connectivity index (χ1) is 12.0. The predicted molar refractivity (Wildman–Crippen MR) is 91.8 cm³/mol. The minimum Gasteiger partial charge on any atom is -0.360 e. The maximum Gasteiger partial charge on any atom is 0.257 e. The molecule has 1 N–H and O–H groups in total. The number of carbonyl (C=O) groups excluding carboxylic acids is 1. The molecule has 3 aromatic rings. The second kappa shape index (κ2) is 7.25. The van der Waals surface area contributed by atoms with E-state index in [1.807, 2.05) is 0 Å². The summed E-state index contributed by atoms with van der Waals surface area (Å²) < 4.78 is 10.2. The molecule has 130 valence electrons. The highest BCUT2D eigenvalue weighted by molar-refractivity contribution is 6.39. The fourth-order valence-corrected chi connectivity index (χ4v) is 2.92. The molecule has 0 spiro atoms.